The van der Waals surface area contributed by atoms with E-state index in [9.17, 15) is 0 Å². The monoisotopic (exact) mass is 207 g/mol. The number of rotatable bonds is 2. The number of fused-ring (bicyclic) bond motifs is 1. The number of morpholine rings is 1. The molecule has 84 valence electrons. The Kier molecular flexibility index (Phi) is 1.79. The molecule has 3 saturated carbocycles. The molecule has 1 aliphatic heterocycles. The van der Waals surface area contributed by atoms with Crippen LogP contribution >= 0.6 is 0 Å². The summed E-state index contributed by atoms with van der Waals surface area (Å²) in [5.41, 5.74) is 0.685. The lowest BCUT2D eigenvalue weighted by Crippen LogP contribution is -2.46. The van der Waals surface area contributed by atoms with Gasteiger partial charge in [0.05, 0.1) is 13.2 Å². The van der Waals surface area contributed by atoms with Crippen LogP contribution in [0.1, 0.15) is 32.1 Å². The summed E-state index contributed by atoms with van der Waals surface area (Å²) < 4.78 is 5.49. The van der Waals surface area contributed by atoms with E-state index in [0.717, 1.165) is 31.0 Å². The summed E-state index contributed by atoms with van der Waals surface area (Å²) >= 11 is 0. The first-order chi connectivity index (χ1) is 7.43. The zero-order valence-corrected chi connectivity index (χ0v) is 9.45. The van der Waals surface area contributed by atoms with Crippen LogP contribution in [0.5, 0.6) is 0 Å². The predicted molar refractivity (Wildman–Crippen MR) is 58.7 cm³/mol. The summed E-state index contributed by atoms with van der Waals surface area (Å²) in [4.78, 5) is 2.80. The van der Waals surface area contributed by atoms with Crippen LogP contribution in [0.15, 0.2) is 0 Å². The lowest BCUT2D eigenvalue weighted by molar-refractivity contribution is 0.00271. The Bertz CT molecular complexity index is 270. The number of nitrogens with zero attached hydrogens (tertiary/aromatic N) is 1. The molecular weight excluding hydrogens is 186 g/mol. The molecule has 0 radical (unpaired) electrons. The Morgan fingerprint density at radius 1 is 1.07 bits per heavy atom. The molecule has 0 bridgehead atoms. The van der Waals surface area contributed by atoms with Gasteiger partial charge in [-0.15, -0.1) is 0 Å². The Hall–Kier alpha value is -0.0800. The second-order valence-corrected chi connectivity index (χ2v) is 5.95. The van der Waals surface area contributed by atoms with E-state index in [1.54, 1.807) is 0 Å². The fourth-order valence-electron chi connectivity index (χ4n) is 4.70. The van der Waals surface area contributed by atoms with Crippen LogP contribution < -0.4 is 0 Å². The molecule has 4 fully saturated rings. The Balaban J connectivity index is 1.56. The van der Waals surface area contributed by atoms with E-state index < -0.39 is 0 Å². The second-order valence-electron chi connectivity index (χ2n) is 5.95. The molecule has 1 saturated heterocycles. The molecular formula is C13H21NO. The maximum absolute atomic E-state index is 5.49. The third-order valence-electron chi connectivity index (χ3n) is 5.37. The van der Waals surface area contributed by atoms with Crippen LogP contribution in [0.3, 0.4) is 0 Å². The summed E-state index contributed by atoms with van der Waals surface area (Å²) in [6.07, 6.45) is 7.59. The molecule has 4 rings (SSSR count). The summed E-state index contributed by atoms with van der Waals surface area (Å²) in [6, 6.07) is 0. The van der Waals surface area contributed by atoms with E-state index in [2.05, 4.69) is 4.90 Å². The maximum Gasteiger partial charge on any atom is 0.0594 e. The summed E-state index contributed by atoms with van der Waals surface area (Å²) in [5, 5.41) is 0. The second kappa shape index (κ2) is 2.98. The fourth-order valence-corrected chi connectivity index (χ4v) is 4.70. The SMILES string of the molecule is C1C[C@H]2[C@@H](C3CC3)[C@@]2(N2CCOCC2)C1. The number of hydrogen-bond acceptors (Lipinski definition) is 2. The van der Waals surface area contributed by atoms with E-state index in [-0.39, 0.29) is 0 Å². The molecule has 0 spiro atoms. The van der Waals surface area contributed by atoms with E-state index >= 15 is 0 Å². The molecule has 0 N–H and O–H groups in total. The lowest BCUT2D eigenvalue weighted by atomic mass is 10.0. The van der Waals surface area contributed by atoms with Gasteiger partial charge in [-0.3, -0.25) is 4.90 Å². The van der Waals surface area contributed by atoms with Gasteiger partial charge in [-0.05, 0) is 43.4 Å². The quantitative estimate of drug-likeness (QED) is 0.685. The van der Waals surface area contributed by atoms with Crippen molar-refractivity contribution in [2.45, 2.75) is 37.6 Å². The Labute approximate surface area is 92.0 Å². The average Bonchev–Trinajstić information content (AvgIpc) is 3.17. The minimum atomic E-state index is 0.685. The zero-order valence-electron chi connectivity index (χ0n) is 9.45. The first-order valence-corrected chi connectivity index (χ1v) is 6.76. The van der Waals surface area contributed by atoms with Crippen molar-refractivity contribution in [3.8, 4) is 0 Å². The van der Waals surface area contributed by atoms with Gasteiger partial charge in [-0.1, -0.05) is 6.42 Å². The highest BCUT2D eigenvalue weighted by atomic mass is 16.5. The fraction of sp³-hybridized carbons (Fsp3) is 1.00. The van der Waals surface area contributed by atoms with Crippen molar-refractivity contribution in [2.24, 2.45) is 17.8 Å². The molecule has 0 amide bonds. The van der Waals surface area contributed by atoms with Gasteiger partial charge in [0.25, 0.3) is 0 Å². The first kappa shape index (κ1) is 9.00. The predicted octanol–water partition coefficient (Wildman–Crippen LogP) is 1.90. The van der Waals surface area contributed by atoms with Crippen molar-refractivity contribution < 1.29 is 4.74 Å². The van der Waals surface area contributed by atoms with Crippen molar-refractivity contribution in [3.05, 3.63) is 0 Å². The Morgan fingerprint density at radius 3 is 2.60 bits per heavy atom. The molecule has 2 nitrogen and oxygen atoms in total. The standard InChI is InChI=1S/C13H21NO/c1-2-11-12(10-3-4-10)13(11,5-1)14-6-8-15-9-7-14/h10-12H,1-9H2/t11-,12+,13+/m0/s1. The van der Waals surface area contributed by atoms with Gasteiger partial charge in [-0.25, -0.2) is 0 Å². The molecule has 0 aromatic rings. The van der Waals surface area contributed by atoms with E-state index in [0.29, 0.717) is 5.54 Å². The molecule has 0 unspecified atom stereocenters. The van der Waals surface area contributed by atoms with Crippen molar-refractivity contribution in [3.63, 3.8) is 0 Å². The molecule has 2 heteroatoms. The normalized spacial score (nSPS) is 50.4. The van der Waals surface area contributed by atoms with Crippen molar-refractivity contribution >= 4 is 0 Å². The summed E-state index contributed by atoms with van der Waals surface area (Å²) in [6.45, 7) is 4.37. The Morgan fingerprint density at radius 2 is 1.87 bits per heavy atom. The van der Waals surface area contributed by atoms with Gasteiger partial charge in [0, 0.05) is 18.6 Å². The maximum atomic E-state index is 5.49. The van der Waals surface area contributed by atoms with Gasteiger partial charge in [0.1, 0.15) is 0 Å². The van der Waals surface area contributed by atoms with E-state index in [1.165, 1.54) is 45.2 Å². The van der Waals surface area contributed by atoms with E-state index in [4.69, 9.17) is 4.74 Å². The zero-order chi connectivity index (χ0) is 9.88. The van der Waals surface area contributed by atoms with E-state index in [1.807, 2.05) is 0 Å². The molecule has 4 aliphatic rings. The molecule has 15 heavy (non-hydrogen) atoms. The van der Waals surface area contributed by atoms with Crippen LogP contribution in [0.2, 0.25) is 0 Å². The third-order valence-corrected chi connectivity index (χ3v) is 5.37. The topological polar surface area (TPSA) is 12.5 Å². The molecule has 3 atom stereocenters. The highest BCUT2D eigenvalue weighted by Gasteiger charge is 2.72. The van der Waals surface area contributed by atoms with Crippen LogP contribution in [0.25, 0.3) is 0 Å². The van der Waals surface area contributed by atoms with Crippen LogP contribution in [-0.2, 0) is 4.74 Å². The molecule has 3 aliphatic carbocycles. The van der Waals surface area contributed by atoms with Gasteiger partial charge >= 0.3 is 0 Å². The number of hydrogen-bond donors (Lipinski definition) is 0. The minimum Gasteiger partial charge on any atom is -0.379 e. The lowest BCUT2D eigenvalue weighted by Gasteiger charge is -2.35. The molecule has 0 aromatic heterocycles. The molecule has 0 aromatic carbocycles. The highest BCUT2D eigenvalue weighted by Crippen LogP contribution is 2.71. The summed E-state index contributed by atoms with van der Waals surface area (Å²) in [7, 11) is 0. The third kappa shape index (κ3) is 1.13. The van der Waals surface area contributed by atoms with Crippen molar-refractivity contribution in [1.82, 2.24) is 4.90 Å². The average molecular weight is 207 g/mol. The molecule has 1 heterocycles. The summed E-state index contributed by atoms with van der Waals surface area (Å²) in [5.74, 6) is 3.31. The first-order valence-electron chi connectivity index (χ1n) is 6.76. The van der Waals surface area contributed by atoms with Crippen LogP contribution in [0.4, 0.5) is 0 Å². The van der Waals surface area contributed by atoms with Crippen molar-refractivity contribution in [1.29, 1.82) is 0 Å². The van der Waals surface area contributed by atoms with Gasteiger partial charge < -0.3 is 4.74 Å². The largest absolute Gasteiger partial charge is 0.379 e. The van der Waals surface area contributed by atoms with Crippen LogP contribution in [-0.4, -0.2) is 36.7 Å². The smallest absolute Gasteiger partial charge is 0.0594 e. The number of ether oxygens (including phenoxy) is 1. The van der Waals surface area contributed by atoms with Crippen molar-refractivity contribution in [2.75, 3.05) is 26.3 Å². The van der Waals surface area contributed by atoms with Gasteiger partial charge in [0.2, 0.25) is 0 Å². The highest BCUT2D eigenvalue weighted by molar-refractivity contribution is 5.25. The van der Waals surface area contributed by atoms with Gasteiger partial charge in [0.15, 0.2) is 0 Å². The minimum absolute atomic E-state index is 0.685. The van der Waals surface area contributed by atoms with Crippen LogP contribution in [0, 0.1) is 17.8 Å². The van der Waals surface area contributed by atoms with Gasteiger partial charge in [-0.2, -0.15) is 0 Å².